The average Bonchev–Trinajstić information content (AvgIpc) is 2.55. The van der Waals surface area contributed by atoms with Crippen molar-refractivity contribution in [2.24, 2.45) is 11.0 Å². The van der Waals surface area contributed by atoms with Crippen molar-refractivity contribution in [1.29, 1.82) is 0 Å². The zero-order valence-corrected chi connectivity index (χ0v) is 12.2. The number of carbonyl (C=O) groups excluding carboxylic acids is 1. The summed E-state index contributed by atoms with van der Waals surface area (Å²) < 4.78 is 0. The lowest BCUT2D eigenvalue weighted by molar-refractivity contribution is 0.0952. The Morgan fingerprint density at radius 2 is 2.00 bits per heavy atom. The molecule has 0 saturated heterocycles. The number of aromatic hydroxyl groups is 1. The molecule has 0 heterocycles. The Morgan fingerprint density at radius 3 is 2.73 bits per heavy atom. The van der Waals surface area contributed by atoms with Gasteiger partial charge in [0, 0.05) is 6.21 Å². The number of hydrogen-bond donors (Lipinski definition) is 2. The highest BCUT2D eigenvalue weighted by Gasteiger charge is 2.12. The molecule has 0 unspecified atom stereocenters. The predicted octanol–water partition coefficient (Wildman–Crippen LogP) is 3.62. The molecule has 3 rings (SSSR count). The summed E-state index contributed by atoms with van der Waals surface area (Å²) in [6.45, 7) is 0. The maximum Gasteiger partial charge on any atom is 0.275 e. The second kappa shape index (κ2) is 6.43. The number of nitrogens with one attached hydrogen (secondary N) is 1. The molecule has 0 spiro atoms. The molecular weight excluding hydrogens is 276 g/mol. The fourth-order valence-corrected chi connectivity index (χ4v) is 2.62. The van der Waals surface area contributed by atoms with Crippen molar-refractivity contribution in [2.45, 2.75) is 19.3 Å². The van der Waals surface area contributed by atoms with E-state index < -0.39 is 5.91 Å². The first kappa shape index (κ1) is 14.3. The summed E-state index contributed by atoms with van der Waals surface area (Å²) >= 11 is 0. The van der Waals surface area contributed by atoms with E-state index in [4.69, 9.17) is 0 Å². The van der Waals surface area contributed by atoms with Gasteiger partial charge in [0.2, 0.25) is 0 Å². The van der Waals surface area contributed by atoms with Crippen LogP contribution < -0.4 is 5.43 Å². The first-order chi connectivity index (χ1) is 10.7. The number of benzene rings is 2. The van der Waals surface area contributed by atoms with Crippen LogP contribution in [0.15, 0.2) is 53.7 Å². The van der Waals surface area contributed by atoms with E-state index in [0.29, 0.717) is 5.92 Å². The lowest BCUT2D eigenvalue weighted by Crippen LogP contribution is -2.19. The molecule has 1 aliphatic carbocycles. The Morgan fingerprint density at radius 1 is 1.23 bits per heavy atom. The predicted molar refractivity (Wildman–Crippen MR) is 88.1 cm³/mol. The van der Waals surface area contributed by atoms with Crippen molar-refractivity contribution in [2.75, 3.05) is 0 Å². The van der Waals surface area contributed by atoms with E-state index in [-0.39, 0.29) is 11.3 Å². The molecule has 0 fully saturated rings. The zero-order valence-electron chi connectivity index (χ0n) is 12.2. The fourth-order valence-electron chi connectivity index (χ4n) is 2.62. The van der Waals surface area contributed by atoms with E-state index in [9.17, 15) is 9.90 Å². The van der Waals surface area contributed by atoms with Crippen LogP contribution in [0.25, 0.3) is 10.8 Å². The maximum absolute atomic E-state index is 12.2. The van der Waals surface area contributed by atoms with Crippen LogP contribution in [0.3, 0.4) is 0 Å². The van der Waals surface area contributed by atoms with Gasteiger partial charge in [0.05, 0.1) is 5.56 Å². The molecule has 0 saturated carbocycles. The third-order valence-electron chi connectivity index (χ3n) is 3.87. The molecule has 112 valence electrons. The summed E-state index contributed by atoms with van der Waals surface area (Å²) in [6, 6.07) is 10.9. The van der Waals surface area contributed by atoms with Crippen LogP contribution in [0.4, 0.5) is 0 Å². The number of fused-ring (bicyclic) bond motifs is 1. The van der Waals surface area contributed by atoms with Crippen molar-refractivity contribution in [3.63, 3.8) is 0 Å². The van der Waals surface area contributed by atoms with E-state index >= 15 is 0 Å². The maximum atomic E-state index is 12.2. The van der Waals surface area contributed by atoms with E-state index in [1.807, 2.05) is 24.3 Å². The van der Waals surface area contributed by atoms with Gasteiger partial charge in [-0.05, 0) is 48.1 Å². The molecule has 0 radical (unpaired) electrons. The van der Waals surface area contributed by atoms with Gasteiger partial charge in [0.25, 0.3) is 5.91 Å². The lowest BCUT2D eigenvalue weighted by atomic mass is 9.96. The summed E-state index contributed by atoms with van der Waals surface area (Å²) in [5.41, 5.74) is 2.73. The van der Waals surface area contributed by atoms with Gasteiger partial charge in [0.1, 0.15) is 5.75 Å². The number of carbonyl (C=O) groups is 1. The Labute approximate surface area is 129 Å². The van der Waals surface area contributed by atoms with E-state index in [2.05, 4.69) is 22.7 Å². The van der Waals surface area contributed by atoms with Crippen LogP contribution in [0.5, 0.6) is 5.75 Å². The number of nitrogens with zero attached hydrogens (tertiary/aromatic N) is 1. The van der Waals surface area contributed by atoms with E-state index in [0.717, 1.165) is 30.0 Å². The summed E-state index contributed by atoms with van der Waals surface area (Å²) in [6.07, 6.45) is 9.14. The van der Waals surface area contributed by atoms with Gasteiger partial charge in [-0.3, -0.25) is 4.79 Å². The van der Waals surface area contributed by atoms with Gasteiger partial charge in [0.15, 0.2) is 0 Å². The molecule has 4 heteroatoms. The summed E-state index contributed by atoms with van der Waals surface area (Å²) in [5, 5.41) is 15.8. The van der Waals surface area contributed by atoms with Crippen molar-refractivity contribution in [3.8, 4) is 5.75 Å². The van der Waals surface area contributed by atoms with Crippen molar-refractivity contribution < 1.29 is 9.90 Å². The quantitative estimate of drug-likeness (QED) is 0.516. The minimum Gasteiger partial charge on any atom is -0.507 e. The standard InChI is InChI=1S/C18H18N2O2/c21-17-11-15-9-5-4-8-14(15)10-16(17)18(22)20-19-12-13-6-2-1-3-7-13/h1-2,4-5,8-13,21H,3,6-7H2,(H,20,22)/b19-12-/t13-/m0/s1. The molecule has 2 aromatic rings. The van der Waals surface area contributed by atoms with Gasteiger partial charge in [-0.2, -0.15) is 5.10 Å². The van der Waals surface area contributed by atoms with Crippen LogP contribution in [0.2, 0.25) is 0 Å². The van der Waals surface area contributed by atoms with E-state index in [1.54, 1.807) is 18.3 Å². The molecule has 2 aromatic carbocycles. The number of hydrazone groups is 1. The highest BCUT2D eigenvalue weighted by Crippen LogP contribution is 2.24. The molecule has 0 aliphatic heterocycles. The minimum atomic E-state index is -0.397. The summed E-state index contributed by atoms with van der Waals surface area (Å²) in [7, 11) is 0. The molecular formula is C18H18N2O2. The van der Waals surface area contributed by atoms with Gasteiger partial charge < -0.3 is 5.11 Å². The topological polar surface area (TPSA) is 61.7 Å². The molecule has 2 N–H and O–H groups in total. The van der Waals surface area contributed by atoms with Gasteiger partial charge in [-0.1, -0.05) is 36.4 Å². The zero-order chi connectivity index (χ0) is 15.4. The van der Waals surface area contributed by atoms with Crippen LogP contribution in [0.1, 0.15) is 29.6 Å². The number of phenolic OH excluding ortho intramolecular Hbond substituents is 1. The number of amides is 1. The smallest absolute Gasteiger partial charge is 0.275 e. The SMILES string of the molecule is O=C(N/N=C\[C@H]1CC=CCC1)c1cc2ccccc2cc1O. The monoisotopic (exact) mass is 294 g/mol. The number of phenols is 1. The van der Waals surface area contributed by atoms with E-state index in [1.165, 1.54) is 0 Å². The van der Waals surface area contributed by atoms with Gasteiger partial charge >= 0.3 is 0 Å². The Balaban J connectivity index is 1.73. The third-order valence-corrected chi connectivity index (χ3v) is 3.87. The van der Waals surface area contributed by atoms with Crippen LogP contribution in [-0.2, 0) is 0 Å². The highest BCUT2D eigenvalue weighted by atomic mass is 16.3. The molecule has 4 nitrogen and oxygen atoms in total. The Bertz CT molecular complexity index is 750. The van der Waals surface area contributed by atoms with Crippen molar-refractivity contribution in [3.05, 3.63) is 54.1 Å². The Kier molecular flexibility index (Phi) is 4.19. The Hall–Kier alpha value is -2.62. The fraction of sp³-hybridized carbons (Fsp3) is 0.222. The number of allylic oxidation sites excluding steroid dienone is 2. The molecule has 1 atom stereocenters. The minimum absolute atomic E-state index is 0.0352. The number of rotatable bonds is 3. The van der Waals surface area contributed by atoms with Crippen LogP contribution in [-0.4, -0.2) is 17.2 Å². The van der Waals surface area contributed by atoms with Crippen molar-refractivity contribution >= 4 is 22.9 Å². The highest BCUT2D eigenvalue weighted by molar-refractivity contribution is 6.01. The molecule has 0 bridgehead atoms. The molecule has 0 aromatic heterocycles. The molecule has 1 amide bonds. The van der Waals surface area contributed by atoms with Gasteiger partial charge in [-0.25, -0.2) is 5.43 Å². The lowest BCUT2D eigenvalue weighted by Gasteiger charge is -2.12. The number of hydrogen-bond acceptors (Lipinski definition) is 3. The van der Waals surface area contributed by atoms with Crippen LogP contribution >= 0.6 is 0 Å². The normalized spacial score (nSPS) is 17.9. The molecule has 22 heavy (non-hydrogen) atoms. The summed E-state index contributed by atoms with van der Waals surface area (Å²) in [4.78, 5) is 12.2. The second-order valence-corrected chi connectivity index (χ2v) is 5.48. The van der Waals surface area contributed by atoms with Crippen molar-refractivity contribution in [1.82, 2.24) is 5.43 Å². The first-order valence-corrected chi connectivity index (χ1v) is 7.44. The first-order valence-electron chi connectivity index (χ1n) is 7.44. The third kappa shape index (κ3) is 3.17. The second-order valence-electron chi connectivity index (χ2n) is 5.48. The molecule has 1 aliphatic rings. The van der Waals surface area contributed by atoms with Crippen LogP contribution in [0, 0.1) is 5.92 Å². The summed E-state index contributed by atoms with van der Waals surface area (Å²) in [5.74, 6) is -0.0617. The van der Waals surface area contributed by atoms with Gasteiger partial charge in [-0.15, -0.1) is 0 Å². The largest absolute Gasteiger partial charge is 0.507 e. The average molecular weight is 294 g/mol.